The van der Waals surface area contributed by atoms with Crippen LogP contribution < -0.4 is 15.6 Å². The Hall–Kier alpha value is -2.64. The molecule has 0 amide bonds. The van der Waals surface area contributed by atoms with Crippen LogP contribution >= 0.6 is 0 Å². The summed E-state index contributed by atoms with van der Waals surface area (Å²) >= 11 is 0. The van der Waals surface area contributed by atoms with Gasteiger partial charge in [0, 0.05) is 0 Å². The van der Waals surface area contributed by atoms with Crippen LogP contribution in [0.1, 0.15) is 133 Å². The molecule has 0 saturated heterocycles. The van der Waals surface area contributed by atoms with Gasteiger partial charge in [0.15, 0.2) is 8.07 Å². The van der Waals surface area contributed by atoms with Crippen LogP contribution in [0.15, 0.2) is 88.6 Å². The molecule has 1 atom stereocenters. The van der Waals surface area contributed by atoms with Crippen LogP contribution in [0.25, 0.3) is 0 Å². The molecule has 236 valence electrons. The third-order valence-electron chi connectivity index (χ3n) is 10.4. The second-order valence-electron chi connectivity index (χ2n) is 17.8. The van der Waals surface area contributed by atoms with E-state index in [4.69, 9.17) is 0 Å². The molecule has 0 radical (unpaired) electrons. The molecule has 0 nitrogen and oxygen atoms in total. The topological polar surface area (TPSA) is 0 Å². The number of benzene rings is 3. The van der Waals surface area contributed by atoms with Crippen molar-refractivity contribution in [3.8, 4) is 0 Å². The predicted molar refractivity (Wildman–Crippen MR) is 199 cm³/mol. The van der Waals surface area contributed by atoms with E-state index < -0.39 is 8.07 Å². The van der Waals surface area contributed by atoms with Crippen molar-refractivity contribution < 1.29 is 0 Å². The van der Waals surface area contributed by atoms with Crippen LogP contribution in [-0.4, -0.2) is 8.07 Å². The van der Waals surface area contributed by atoms with Gasteiger partial charge in [0.2, 0.25) is 0 Å². The van der Waals surface area contributed by atoms with Crippen molar-refractivity contribution in [2.24, 2.45) is 5.92 Å². The van der Waals surface area contributed by atoms with Crippen molar-refractivity contribution in [3.05, 3.63) is 111 Å². The average Bonchev–Trinajstić information content (AvgIpc) is 3.10. The van der Waals surface area contributed by atoms with E-state index in [2.05, 4.69) is 178 Å². The highest BCUT2D eigenvalue weighted by molar-refractivity contribution is 7.16. The Balaban J connectivity index is 2.37. The van der Waals surface area contributed by atoms with Gasteiger partial charge in [-0.3, -0.25) is 0 Å². The normalized spacial score (nSPS) is 17.1. The molecule has 1 aliphatic rings. The summed E-state index contributed by atoms with van der Waals surface area (Å²) in [7, 11) is -2.80. The number of rotatable bonds is 4. The van der Waals surface area contributed by atoms with E-state index in [-0.39, 0.29) is 21.7 Å². The Morgan fingerprint density at radius 2 is 0.795 bits per heavy atom. The molecule has 0 saturated carbocycles. The zero-order valence-corrected chi connectivity index (χ0v) is 31.9. The van der Waals surface area contributed by atoms with Gasteiger partial charge in [-0.25, -0.2) is 0 Å². The minimum atomic E-state index is -2.80. The van der Waals surface area contributed by atoms with Crippen LogP contribution in [0.4, 0.5) is 0 Å². The maximum absolute atomic E-state index is 2.80. The van der Waals surface area contributed by atoms with Gasteiger partial charge in [-0.1, -0.05) is 173 Å². The molecule has 0 aliphatic heterocycles. The van der Waals surface area contributed by atoms with E-state index >= 15 is 0 Å². The Bertz CT molecular complexity index is 1460. The van der Waals surface area contributed by atoms with E-state index in [0.717, 1.165) is 0 Å². The molecule has 0 N–H and O–H groups in total. The number of hydrogen-bond donors (Lipinski definition) is 0. The van der Waals surface area contributed by atoms with Gasteiger partial charge >= 0.3 is 0 Å². The summed E-state index contributed by atoms with van der Waals surface area (Å²) in [6.07, 6.45) is 0. The lowest BCUT2D eigenvalue weighted by Crippen LogP contribution is -2.70. The summed E-state index contributed by atoms with van der Waals surface area (Å²) in [6, 6.07) is 27.1. The molecule has 0 aromatic heterocycles. The first-order valence-electron chi connectivity index (χ1n) is 16.8. The van der Waals surface area contributed by atoms with Gasteiger partial charge in [-0.2, -0.15) is 0 Å². The first-order valence-corrected chi connectivity index (χ1v) is 18.8. The number of allylic oxidation sites excluding steroid dienone is 4. The Labute approximate surface area is 272 Å². The molecule has 4 rings (SSSR count). The van der Waals surface area contributed by atoms with E-state index in [0.29, 0.717) is 5.92 Å². The van der Waals surface area contributed by atoms with Crippen molar-refractivity contribution in [2.75, 3.05) is 0 Å². The van der Waals surface area contributed by atoms with Crippen LogP contribution in [0.2, 0.25) is 0 Å². The molecule has 3 aromatic rings. The standard InChI is InChI=1S/C43H60Si/c1-28-29(2)31(4)39(30(28)3)44(36-20-18-17-19-21-36,37-24-32(40(5,6)7)22-33(25-37)41(8,9)10)38-26-34(42(11,12)13)23-35(27-38)43(14,15)16/h17-27,30H,1-16H3. The summed E-state index contributed by atoms with van der Waals surface area (Å²) in [5, 5.41) is 6.20. The highest BCUT2D eigenvalue weighted by Gasteiger charge is 2.49. The van der Waals surface area contributed by atoms with Gasteiger partial charge in [-0.15, -0.1) is 0 Å². The molecule has 3 aromatic carbocycles. The lowest BCUT2D eigenvalue weighted by atomic mass is 9.81. The SMILES string of the molecule is CC1=C(C)C(C)C([Si](c2ccccc2)(c2cc(C(C)(C)C)cc(C(C)(C)C)c2)c2cc(C(C)(C)C)cc(C(C)(C)C)c2)=C1C. The Morgan fingerprint density at radius 3 is 1.07 bits per heavy atom. The van der Waals surface area contributed by atoms with Crippen LogP contribution in [0.5, 0.6) is 0 Å². The molecular formula is C43H60Si. The smallest absolute Gasteiger partial charge is 0.0636 e. The zero-order valence-electron chi connectivity index (χ0n) is 30.9. The second-order valence-corrected chi connectivity index (χ2v) is 21.6. The molecule has 0 spiro atoms. The summed E-state index contributed by atoms with van der Waals surface area (Å²) in [4.78, 5) is 0. The quantitative estimate of drug-likeness (QED) is 0.205. The second kappa shape index (κ2) is 11.3. The van der Waals surface area contributed by atoms with Crippen LogP contribution in [0.3, 0.4) is 0 Å². The van der Waals surface area contributed by atoms with Crippen LogP contribution in [0, 0.1) is 5.92 Å². The lowest BCUT2D eigenvalue weighted by molar-refractivity contribution is 0.569. The lowest BCUT2D eigenvalue weighted by Gasteiger charge is -2.41. The maximum Gasteiger partial charge on any atom is 0.176 e. The fraction of sp³-hybridized carbons (Fsp3) is 0.488. The largest absolute Gasteiger partial charge is 0.176 e. The fourth-order valence-corrected chi connectivity index (χ4v) is 12.8. The minimum Gasteiger partial charge on any atom is -0.0636 e. The highest BCUT2D eigenvalue weighted by atomic mass is 28.3. The molecule has 44 heavy (non-hydrogen) atoms. The maximum atomic E-state index is 2.62. The van der Waals surface area contributed by atoms with Crippen LogP contribution in [-0.2, 0) is 21.7 Å². The summed E-state index contributed by atoms with van der Waals surface area (Å²) in [5.41, 5.74) is 10.4. The van der Waals surface area contributed by atoms with E-state index in [1.54, 1.807) is 5.20 Å². The molecule has 0 heterocycles. The first-order chi connectivity index (χ1) is 20.0. The van der Waals surface area contributed by atoms with E-state index in [1.807, 2.05) is 0 Å². The molecule has 1 heteroatoms. The predicted octanol–water partition coefficient (Wildman–Crippen LogP) is 10.2. The van der Waals surface area contributed by atoms with Gasteiger partial charge in [-0.05, 0) is 91.7 Å². The fourth-order valence-electron chi connectivity index (χ4n) is 7.04. The molecule has 0 fully saturated rings. The number of hydrogen-bond acceptors (Lipinski definition) is 0. The molecular weight excluding hydrogens is 545 g/mol. The molecule has 1 aliphatic carbocycles. The van der Waals surface area contributed by atoms with E-state index in [9.17, 15) is 0 Å². The highest BCUT2D eigenvalue weighted by Crippen LogP contribution is 2.43. The summed E-state index contributed by atoms with van der Waals surface area (Å²) in [6.45, 7) is 38.1. The first kappa shape index (κ1) is 34.2. The third kappa shape index (κ3) is 6.11. The molecule has 1 unspecified atom stereocenters. The van der Waals surface area contributed by atoms with Crippen molar-refractivity contribution in [2.45, 2.75) is 132 Å². The van der Waals surface area contributed by atoms with Crippen molar-refractivity contribution in [1.29, 1.82) is 0 Å². The Morgan fingerprint density at radius 1 is 0.455 bits per heavy atom. The van der Waals surface area contributed by atoms with Crippen molar-refractivity contribution in [3.63, 3.8) is 0 Å². The van der Waals surface area contributed by atoms with Crippen molar-refractivity contribution in [1.82, 2.24) is 0 Å². The van der Waals surface area contributed by atoms with E-state index in [1.165, 1.54) is 54.5 Å². The van der Waals surface area contributed by atoms with Crippen molar-refractivity contribution >= 4 is 23.6 Å². The summed E-state index contributed by atoms with van der Waals surface area (Å²) < 4.78 is 0. The molecule has 0 bridgehead atoms. The minimum absolute atomic E-state index is 0.0332. The Kier molecular flexibility index (Phi) is 8.80. The third-order valence-corrected chi connectivity index (χ3v) is 15.6. The zero-order chi connectivity index (χ0) is 33.2. The van der Waals surface area contributed by atoms with Gasteiger partial charge in [0.1, 0.15) is 0 Å². The van der Waals surface area contributed by atoms with Gasteiger partial charge in [0.25, 0.3) is 0 Å². The average molecular weight is 605 g/mol. The van der Waals surface area contributed by atoms with Gasteiger partial charge in [0.05, 0.1) is 0 Å². The summed E-state index contributed by atoms with van der Waals surface area (Å²) in [5.74, 6) is 0.384. The monoisotopic (exact) mass is 604 g/mol. The van der Waals surface area contributed by atoms with Gasteiger partial charge < -0.3 is 0 Å².